The van der Waals surface area contributed by atoms with Gasteiger partial charge in [-0.25, -0.2) is 8.42 Å². The first-order chi connectivity index (χ1) is 20.7. The summed E-state index contributed by atoms with van der Waals surface area (Å²) < 4.78 is 45.5. The lowest BCUT2D eigenvalue weighted by Crippen LogP contribution is -2.54. The second-order valence-corrected chi connectivity index (χ2v) is 13.3. The summed E-state index contributed by atoms with van der Waals surface area (Å²) in [6, 6.07) is 16.6. The number of methoxy groups -OCH3 is 2. The number of sulfonamides is 1. The van der Waals surface area contributed by atoms with Gasteiger partial charge in [-0.05, 0) is 82.6 Å². The highest BCUT2D eigenvalue weighted by molar-refractivity contribution is 7.92. The fourth-order valence-electron chi connectivity index (χ4n) is 4.38. The summed E-state index contributed by atoms with van der Waals surface area (Å²) in [6.07, 6.45) is 0. The molecule has 1 unspecified atom stereocenters. The number of amides is 2. The molecule has 0 fully saturated rings. The van der Waals surface area contributed by atoms with Crippen molar-refractivity contribution in [2.45, 2.75) is 57.6 Å². The quantitative estimate of drug-likeness (QED) is 0.269. The molecular weight excluding hydrogens is 606 g/mol. The third-order valence-electron chi connectivity index (χ3n) is 6.62. The number of nitrogens with zero attached hydrogens (tertiary/aromatic N) is 2. The van der Waals surface area contributed by atoms with Crippen LogP contribution in [-0.2, 0) is 26.2 Å². The first-order valence-electron chi connectivity index (χ1n) is 14.0. The van der Waals surface area contributed by atoms with E-state index >= 15 is 0 Å². The van der Waals surface area contributed by atoms with Gasteiger partial charge >= 0.3 is 0 Å². The summed E-state index contributed by atoms with van der Waals surface area (Å²) >= 11 is 6.43. The van der Waals surface area contributed by atoms with Gasteiger partial charge in [0.1, 0.15) is 18.3 Å². The van der Waals surface area contributed by atoms with Crippen molar-refractivity contribution in [1.29, 1.82) is 0 Å². The van der Waals surface area contributed by atoms with Gasteiger partial charge in [0, 0.05) is 23.2 Å². The largest absolute Gasteiger partial charge is 0.494 e. The maximum Gasteiger partial charge on any atom is 0.264 e. The Hall–Kier alpha value is -3.96. The predicted octanol–water partition coefficient (Wildman–Crippen LogP) is 5.28. The number of benzene rings is 3. The molecule has 10 nitrogen and oxygen atoms in total. The molecule has 3 aromatic rings. The SMILES string of the molecule is CCOc1ccc(N(CC(=O)N(Cc2ccccc2Cl)C(C)C(=O)NC(C)(C)C)S(=O)(=O)c2ccc(OC)c(OC)c2)cc1. The van der Waals surface area contributed by atoms with Crippen LogP contribution >= 0.6 is 11.6 Å². The predicted molar refractivity (Wildman–Crippen MR) is 171 cm³/mol. The van der Waals surface area contributed by atoms with Gasteiger partial charge in [0.15, 0.2) is 11.5 Å². The molecule has 0 aromatic heterocycles. The van der Waals surface area contributed by atoms with Crippen LogP contribution in [0.25, 0.3) is 0 Å². The second-order valence-electron chi connectivity index (χ2n) is 11.0. The van der Waals surface area contributed by atoms with Gasteiger partial charge in [0.05, 0.1) is 31.4 Å². The van der Waals surface area contributed by atoms with E-state index in [9.17, 15) is 18.0 Å². The molecule has 0 saturated carbocycles. The lowest BCUT2D eigenvalue weighted by Gasteiger charge is -2.33. The van der Waals surface area contributed by atoms with Crippen molar-refractivity contribution in [2.75, 3.05) is 31.7 Å². The van der Waals surface area contributed by atoms with E-state index in [0.717, 1.165) is 4.31 Å². The summed E-state index contributed by atoms with van der Waals surface area (Å²) in [5, 5.41) is 3.31. The number of hydrogen-bond acceptors (Lipinski definition) is 7. The van der Waals surface area contributed by atoms with E-state index in [1.165, 1.54) is 37.3 Å². The molecule has 0 aliphatic rings. The highest BCUT2D eigenvalue weighted by atomic mass is 35.5. The van der Waals surface area contributed by atoms with Gasteiger partial charge in [-0.1, -0.05) is 29.8 Å². The van der Waals surface area contributed by atoms with Crippen molar-refractivity contribution in [2.24, 2.45) is 0 Å². The Morgan fingerprint density at radius 1 is 0.955 bits per heavy atom. The fraction of sp³-hybridized carbons (Fsp3) is 0.375. The first-order valence-corrected chi connectivity index (χ1v) is 15.9. The molecule has 3 rings (SSSR count). The first kappa shape index (κ1) is 34.5. The summed E-state index contributed by atoms with van der Waals surface area (Å²) in [4.78, 5) is 28.6. The van der Waals surface area contributed by atoms with Crippen LogP contribution in [0.4, 0.5) is 5.69 Å². The Labute approximate surface area is 264 Å². The molecule has 0 bridgehead atoms. The number of nitrogens with one attached hydrogen (secondary N) is 1. The van der Waals surface area contributed by atoms with Gasteiger partial charge < -0.3 is 24.4 Å². The average Bonchev–Trinajstić information content (AvgIpc) is 2.98. The van der Waals surface area contributed by atoms with Crippen molar-refractivity contribution < 1.29 is 32.2 Å². The van der Waals surface area contributed by atoms with Crippen LogP contribution in [0.1, 0.15) is 40.2 Å². The average molecular weight is 646 g/mol. The van der Waals surface area contributed by atoms with Crippen LogP contribution in [0.2, 0.25) is 5.02 Å². The van der Waals surface area contributed by atoms with Gasteiger partial charge in [-0.15, -0.1) is 0 Å². The monoisotopic (exact) mass is 645 g/mol. The van der Waals surface area contributed by atoms with Gasteiger partial charge in [-0.3, -0.25) is 13.9 Å². The van der Waals surface area contributed by atoms with E-state index in [4.69, 9.17) is 25.8 Å². The summed E-state index contributed by atoms with van der Waals surface area (Å²) in [5.41, 5.74) is 0.268. The third-order valence-corrected chi connectivity index (χ3v) is 8.76. The van der Waals surface area contributed by atoms with Crippen LogP contribution in [0, 0.1) is 0 Å². The number of anilines is 1. The zero-order valence-electron chi connectivity index (χ0n) is 26.1. The van der Waals surface area contributed by atoms with Crippen molar-refractivity contribution in [3.63, 3.8) is 0 Å². The Morgan fingerprint density at radius 2 is 1.59 bits per heavy atom. The summed E-state index contributed by atoms with van der Waals surface area (Å²) in [7, 11) is -1.49. The standard InChI is InChI=1S/C32H40ClN3O7S/c1-8-43-25-15-13-24(14-16-25)36(44(39,40)26-17-18-28(41-6)29(19-26)42-7)21-30(37)35(20-23-11-9-10-12-27(23)33)22(2)31(38)34-32(3,4)5/h9-19,22H,8,20-21H2,1-7H3,(H,34,38). The molecule has 0 heterocycles. The van der Waals surface area contributed by atoms with Crippen LogP contribution in [0.15, 0.2) is 71.6 Å². The van der Waals surface area contributed by atoms with Crippen LogP contribution in [-0.4, -0.2) is 64.1 Å². The second kappa shape index (κ2) is 14.7. The van der Waals surface area contributed by atoms with Crippen LogP contribution in [0.3, 0.4) is 0 Å². The van der Waals surface area contributed by atoms with E-state index < -0.39 is 40.0 Å². The summed E-state index contributed by atoms with van der Waals surface area (Å²) in [6.45, 7) is 8.73. The Balaban J connectivity index is 2.10. The van der Waals surface area contributed by atoms with Gasteiger partial charge in [0.25, 0.3) is 10.0 Å². The smallest absolute Gasteiger partial charge is 0.264 e. The molecule has 1 N–H and O–H groups in total. The number of carbonyl (C=O) groups is 2. The van der Waals surface area contributed by atoms with Crippen molar-refractivity contribution in [1.82, 2.24) is 10.2 Å². The van der Waals surface area contributed by atoms with E-state index in [0.29, 0.717) is 28.7 Å². The molecule has 1 atom stereocenters. The number of carbonyl (C=O) groups excluding carboxylic acids is 2. The molecule has 0 saturated heterocycles. The van der Waals surface area contributed by atoms with Crippen molar-refractivity contribution in [3.8, 4) is 17.2 Å². The lowest BCUT2D eigenvalue weighted by molar-refractivity contribution is -0.140. The highest BCUT2D eigenvalue weighted by Crippen LogP contribution is 2.33. The minimum absolute atomic E-state index is 0.0231. The third kappa shape index (κ3) is 8.57. The van der Waals surface area contributed by atoms with Gasteiger partial charge in [0.2, 0.25) is 11.8 Å². The number of ether oxygens (including phenoxy) is 3. The molecule has 0 aliphatic carbocycles. The Kier molecular flexibility index (Phi) is 11.5. The zero-order chi connectivity index (χ0) is 32.7. The minimum atomic E-state index is -4.34. The number of hydrogen-bond donors (Lipinski definition) is 1. The Bertz CT molecular complexity index is 1560. The van der Waals surface area contributed by atoms with Crippen molar-refractivity contribution >= 4 is 39.1 Å². The van der Waals surface area contributed by atoms with E-state index in [2.05, 4.69) is 5.32 Å². The lowest BCUT2D eigenvalue weighted by atomic mass is 10.1. The van der Waals surface area contributed by atoms with Gasteiger partial charge in [-0.2, -0.15) is 0 Å². The molecule has 0 aliphatic heterocycles. The Morgan fingerprint density at radius 3 is 2.16 bits per heavy atom. The molecule has 44 heavy (non-hydrogen) atoms. The summed E-state index contributed by atoms with van der Waals surface area (Å²) in [5.74, 6) is 0.0886. The minimum Gasteiger partial charge on any atom is -0.494 e. The molecule has 2 amide bonds. The fourth-order valence-corrected chi connectivity index (χ4v) is 6.00. The van der Waals surface area contributed by atoms with Crippen molar-refractivity contribution in [3.05, 3.63) is 77.3 Å². The molecule has 238 valence electrons. The molecule has 12 heteroatoms. The zero-order valence-corrected chi connectivity index (χ0v) is 27.7. The molecule has 0 spiro atoms. The number of rotatable bonds is 13. The molecule has 0 radical (unpaired) electrons. The maximum atomic E-state index is 14.2. The number of halogens is 1. The topological polar surface area (TPSA) is 114 Å². The van der Waals surface area contributed by atoms with Crippen LogP contribution in [0.5, 0.6) is 17.2 Å². The highest BCUT2D eigenvalue weighted by Gasteiger charge is 2.34. The van der Waals surface area contributed by atoms with E-state index in [-0.39, 0.29) is 22.9 Å². The molecule has 3 aromatic carbocycles. The van der Waals surface area contributed by atoms with Crippen LogP contribution < -0.4 is 23.8 Å². The maximum absolute atomic E-state index is 14.2. The van der Waals surface area contributed by atoms with E-state index in [1.807, 2.05) is 27.7 Å². The molecular formula is C32H40ClN3O7S. The normalized spacial score (nSPS) is 12.2. The van der Waals surface area contributed by atoms with E-state index in [1.54, 1.807) is 55.5 Å².